The number of rotatable bonds is 6. The molecule has 0 spiro atoms. The normalized spacial score (nSPS) is 15.3. The average molecular weight is 354 g/mol. The predicted molar refractivity (Wildman–Crippen MR) is 98.6 cm³/mol. The molecule has 2 amide bonds. The Balaban J connectivity index is 1.79. The van der Waals surface area contributed by atoms with Crippen LogP contribution in [0, 0.1) is 0 Å². The molecular formula is C20H22N2O4. The number of methoxy groups -OCH3 is 1. The van der Waals surface area contributed by atoms with Gasteiger partial charge in [-0.25, -0.2) is 0 Å². The summed E-state index contributed by atoms with van der Waals surface area (Å²) in [4.78, 5) is 26.9. The second-order valence-electron chi connectivity index (χ2n) is 5.95. The van der Waals surface area contributed by atoms with E-state index in [2.05, 4.69) is 5.32 Å². The lowest BCUT2D eigenvalue weighted by Crippen LogP contribution is -2.49. The van der Waals surface area contributed by atoms with Crippen LogP contribution < -0.4 is 19.7 Å². The Labute approximate surface area is 152 Å². The van der Waals surface area contributed by atoms with E-state index in [9.17, 15) is 9.59 Å². The Morgan fingerprint density at radius 2 is 1.81 bits per heavy atom. The number of anilines is 1. The van der Waals surface area contributed by atoms with Crippen molar-refractivity contribution in [3.8, 4) is 11.5 Å². The van der Waals surface area contributed by atoms with Crippen LogP contribution in [0.4, 0.5) is 5.69 Å². The first-order valence-electron chi connectivity index (χ1n) is 8.59. The Morgan fingerprint density at radius 3 is 2.54 bits per heavy atom. The minimum atomic E-state index is -0.555. The van der Waals surface area contributed by atoms with E-state index < -0.39 is 6.04 Å². The van der Waals surface area contributed by atoms with Crippen molar-refractivity contribution in [1.29, 1.82) is 0 Å². The van der Waals surface area contributed by atoms with Crippen molar-refractivity contribution >= 4 is 17.5 Å². The molecule has 0 saturated heterocycles. The van der Waals surface area contributed by atoms with Gasteiger partial charge in [0.15, 0.2) is 18.1 Å². The molecule has 1 aliphatic heterocycles. The van der Waals surface area contributed by atoms with Crippen LogP contribution in [-0.4, -0.2) is 38.1 Å². The number of amides is 2. The van der Waals surface area contributed by atoms with Gasteiger partial charge in [-0.15, -0.1) is 0 Å². The van der Waals surface area contributed by atoms with Gasteiger partial charge in [0, 0.05) is 18.7 Å². The molecule has 3 rings (SSSR count). The third-order valence-corrected chi connectivity index (χ3v) is 4.32. The van der Waals surface area contributed by atoms with Gasteiger partial charge in [-0.1, -0.05) is 30.3 Å². The smallest absolute Gasteiger partial charge is 0.265 e. The molecule has 0 fully saturated rings. The minimum absolute atomic E-state index is 0.158. The first kappa shape index (κ1) is 17.8. The predicted octanol–water partition coefficient (Wildman–Crippen LogP) is 2.17. The summed E-state index contributed by atoms with van der Waals surface area (Å²) in [6.07, 6.45) is 0.502. The first-order valence-corrected chi connectivity index (χ1v) is 8.59. The molecule has 1 unspecified atom stereocenters. The van der Waals surface area contributed by atoms with Gasteiger partial charge in [-0.05, 0) is 30.7 Å². The SMILES string of the molecule is CCNC(=O)C1Cc2ccccc2N1C(=O)COc1ccccc1OC. The van der Waals surface area contributed by atoms with Gasteiger partial charge in [0.25, 0.3) is 5.91 Å². The summed E-state index contributed by atoms with van der Waals surface area (Å²) in [5.41, 5.74) is 1.74. The van der Waals surface area contributed by atoms with E-state index in [0.29, 0.717) is 24.5 Å². The Morgan fingerprint density at radius 1 is 1.12 bits per heavy atom. The second-order valence-corrected chi connectivity index (χ2v) is 5.95. The van der Waals surface area contributed by atoms with Crippen LogP contribution in [0.15, 0.2) is 48.5 Å². The molecule has 136 valence electrons. The van der Waals surface area contributed by atoms with Gasteiger partial charge in [-0.3, -0.25) is 14.5 Å². The molecule has 1 N–H and O–H groups in total. The van der Waals surface area contributed by atoms with Gasteiger partial charge in [0.2, 0.25) is 5.91 Å². The van der Waals surface area contributed by atoms with E-state index in [0.717, 1.165) is 11.3 Å². The van der Waals surface area contributed by atoms with E-state index in [1.54, 1.807) is 19.2 Å². The number of nitrogens with zero attached hydrogens (tertiary/aromatic N) is 1. The van der Waals surface area contributed by atoms with E-state index in [1.807, 2.05) is 43.3 Å². The number of carbonyl (C=O) groups excluding carboxylic acids is 2. The second kappa shape index (κ2) is 7.91. The van der Waals surface area contributed by atoms with Gasteiger partial charge in [0.1, 0.15) is 6.04 Å². The Kier molecular flexibility index (Phi) is 5.41. The third-order valence-electron chi connectivity index (χ3n) is 4.32. The topological polar surface area (TPSA) is 67.9 Å². The quantitative estimate of drug-likeness (QED) is 0.863. The van der Waals surface area contributed by atoms with E-state index in [4.69, 9.17) is 9.47 Å². The first-order chi connectivity index (χ1) is 12.7. The molecular weight excluding hydrogens is 332 g/mol. The fourth-order valence-corrected chi connectivity index (χ4v) is 3.14. The molecule has 0 bridgehead atoms. The number of likely N-dealkylation sites (N-methyl/N-ethyl adjacent to an activating group) is 1. The summed E-state index contributed by atoms with van der Waals surface area (Å²) in [5, 5.41) is 2.81. The summed E-state index contributed by atoms with van der Waals surface area (Å²) in [5.74, 6) is 0.624. The molecule has 0 radical (unpaired) electrons. The molecule has 0 aliphatic carbocycles. The highest BCUT2D eigenvalue weighted by Crippen LogP contribution is 2.33. The molecule has 2 aromatic rings. The standard InChI is InChI=1S/C20H22N2O4/c1-3-21-20(24)16-12-14-8-4-5-9-15(14)22(16)19(23)13-26-18-11-7-6-10-17(18)25-2/h4-11,16H,3,12-13H2,1-2H3,(H,21,24). The van der Waals surface area contributed by atoms with Crippen molar-refractivity contribution in [2.75, 3.05) is 25.2 Å². The minimum Gasteiger partial charge on any atom is -0.493 e. The van der Waals surface area contributed by atoms with Crippen molar-refractivity contribution in [3.63, 3.8) is 0 Å². The van der Waals surface area contributed by atoms with Gasteiger partial charge in [0.05, 0.1) is 7.11 Å². The maximum Gasteiger partial charge on any atom is 0.265 e. The summed E-state index contributed by atoms with van der Waals surface area (Å²) in [7, 11) is 1.55. The number of fused-ring (bicyclic) bond motifs is 1. The summed E-state index contributed by atoms with van der Waals surface area (Å²) in [6, 6.07) is 14.2. The highest BCUT2D eigenvalue weighted by atomic mass is 16.5. The summed E-state index contributed by atoms with van der Waals surface area (Å²) >= 11 is 0. The van der Waals surface area contributed by atoms with Crippen LogP contribution in [0.5, 0.6) is 11.5 Å². The summed E-state index contributed by atoms with van der Waals surface area (Å²) in [6.45, 7) is 2.20. The van der Waals surface area contributed by atoms with Crippen molar-refractivity contribution < 1.29 is 19.1 Å². The van der Waals surface area contributed by atoms with Crippen LogP contribution in [0.25, 0.3) is 0 Å². The fraction of sp³-hybridized carbons (Fsp3) is 0.300. The third kappa shape index (κ3) is 3.49. The molecule has 1 atom stereocenters. The average Bonchev–Trinajstić information content (AvgIpc) is 3.06. The molecule has 0 saturated carbocycles. The number of benzene rings is 2. The lowest BCUT2D eigenvalue weighted by atomic mass is 10.1. The van der Waals surface area contributed by atoms with Crippen molar-refractivity contribution in [2.45, 2.75) is 19.4 Å². The van der Waals surface area contributed by atoms with Crippen molar-refractivity contribution in [1.82, 2.24) is 5.32 Å². The van der Waals surface area contributed by atoms with Gasteiger partial charge >= 0.3 is 0 Å². The van der Waals surface area contributed by atoms with E-state index in [1.165, 1.54) is 4.90 Å². The lowest BCUT2D eigenvalue weighted by Gasteiger charge is -2.25. The number of hydrogen-bond acceptors (Lipinski definition) is 4. The van der Waals surface area contributed by atoms with Crippen LogP contribution in [0.1, 0.15) is 12.5 Å². The van der Waals surface area contributed by atoms with Gasteiger partial charge in [-0.2, -0.15) is 0 Å². The molecule has 6 nitrogen and oxygen atoms in total. The molecule has 1 heterocycles. The van der Waals surface area contributed by atoms with Crippen LogP contribution in [0.2, 0.25) is 0 Å². The number of carbonyl (C=O) groups is 2. The molecule has 2 aromatic carbocycles. The molecule has 26 heavy (non-hydrogen) atoms. The zero-order chi connectivity index (χ0) is 18.5. The highest BCUT2D eigenvalue weighted by molar-refractivity contribution is 6.04. The Hall–Kier alpha value is -3.02. The maximum atomic E-state index is 12.9. The molecule has 6 heteroatoms. The zero-order valence-electron chi connectivity index (χ0n) is 14.9. The highest BCUT2D eigenvalue weighted by Gasteiger charge is 2.38. The van der Waals surface area contributed by atoms with Gasteiger partial charge < -0.3 is 14.8 Å². The Bertz CT molecular complexity index is 806. The number of ether oxygens (including phenoxy) is 2. The van der Waals surface area contributed by atoms with Crippen LogP contribution in [0.3, 0.4) is 0 Å². The number of nitrogens with one attached hydrogen (secondary N) is 1. The van der Waals surface area contributed by atoms with E-state index in [-0.39, 0.29) is 18.4 Å². The maximum absolute atomic E-state index is 12.9. The fourth-order valence-electron chi connectivity index (χ4n) is 3.14. The largest absolute Gasteiger partial charge is 0.493 e. The summed E-state index contributed by atoms with van der Waals surface area (Å²) < 4.78 is 10.9. The number of para-hydroxylation sites is 3. The molecule has 0 aromatic heterocycles. The van der Waals surface area contributed by atoms with Crippen LogP contribution in [-0.2, 0) is 16.0 Å². The molecule has 1 aliphatic rings. The van der Waals surface area contributed by atoms with Crippen molar-refractivity contribution in [2.24, 2.45) is 0 Å². The zero-order valence-corrected chi connectivity index (χ0v) is 14.9. The number of hydrogen-bond donors (Lipinski definition) is 1. The van der Waals surface area contributed by atoms with E-state index >= 15 is 0 Å². The van der Waals surface area contributed by atoms with Crippen molar-refractivity contribution in [3.05, 3.63) is 54.1 Å². The lowest BCUT2D eigenvalue weighted by molar-refractivity contribution is -0.126. The van der Waals surface area contributed by atoms with Crippen LogP contribution >= 0.6 is 0 Å². The monoisotopic (exact) mass is 354 g/mol.